The molecule has 0 saturated heterocycles. The van der Waals surface area contributed by atoms with Crippen molar-refractivity contribution in [2.24, 2.45) is 5.92 Å². The van der Waals surface area contributed by atoms with Crippen molar-refractivity contribution < 1.29 is 9.53 Å². The van der Waals surface area contributed by atoms with E-state index in [2.05, 4.69) is 5.10 Å². The quantitative estimate of drug-likeness (QED) is 0.746. The maximum atomic E-state index is 11.7. The van der Waals surface area contributed by atoms with Gasteiger partial charge in [0.15, 0.2) is 0 Å². The third-order valence-electron chi connectivity index (χ3n) is 2.47. The Balaban J connectivity index is 2.15. The van der Waals surface area contributed by atoms with Gasteiger partial charge in [-0.3, -0.25) is 9.48 Å². The van der Waals surface area contributed by atoms with Crippen LogP contribution in [0.25, 0.3) is 0 Å². The van der Waals surface area contributed by atoms with Gasteiger partial charge < -0.3 is 9.84 Å². The van der Waals surface area contributed by atoms with E-state index in [0.29, 0.717) is 12.5 Å². The van der Waals surface area contributed by atoms with Gasteiger partial charge in [0.2, 0.25) is 0 Å². The van der Waals surface area contributed by atoms with Crippen LogP contribution in [0.5, 0.6) is 0 Å². The second-order valence-corrected chi connectivity index (χ2v) is 3.77. The van der Waals surface area contributed by atoms with Gasteiger partial charge in [0.1, 0.15) is 5.56 Å². The summed E-state index contributed by atoms with van der Waals surface area (Å²) in [5.41, 5.74) is -0.183. The fourth-order valence-corrected chi connectivity index (χ4v) is 1.46. The Bertz CT molecular complexity index is 415. The molecule has 0 unspecified atom stereocenters. The molecule has 0 amide bonds. The monoisotopic (exact) mass is 210 g/mol. The molecule has 1 aliphatic carbocycles. The second kappa shape index (κ2) is 3.92. The first-order valence-electron chi connectivity index (χ1n) is 5.17. The lowest BCUT2D eigenvalue weighted by Gasteiger charge is -1.98. The van der Waals surface area contributed by atoms with Gasteiger partial charge in [-0.05, 0) is 25.7 Å². The van der Waals surface area contributed by atoms with Crippen LogP contribution in [0, 0.1) is 5.92 Å². The highest BCUT2D eigenvalue weighted by atomic mass is 16.5. The zero-order chi connectivity index (χ0) is 10.8. The molecule has 1 heterocycles. The number of rotatable bonds is 4. The molecule has 0 spiro atoms. The number of nitrogens with zero attached hydrogens (tertiary/aromatic N) is 1. The molecule has 5 heteroatoms. The number of hydrogen-bond acceptors (Lipinski definition) is 3. The summed E-state index contributed by atoms with van der Waals surface area (Å²) in [6.07, 6.45) is 3.75. The Hall–Kier alpha value is -1.52. The molecule has 0 atom stereocenters. The van der Waals surface area contributed by atoms with E-state index in [-0.39, 0.29) is 17.7 Å². The molecule has 5 nitrogen and oxygen atoms in total. The Kier molecular flexibility index (Phi) is 2.62. The highest BCUT2D eigenvalue weighted by Crippen LogP contribution is 2.29. The van der Waals surface area contributed by atoms with Crippen LogP contribution in [-0.4, -0.2) is 22.4 Å². The molecule has 1 saturated carbocycles. The largest absolute Gasteiger partial charge is 0.462 e. The summed E-state index contributed by atoms with van der Waals surface area (Å²) in [4.78, 5) is 23.0. The van der Waals surface area contributed by atoms with Crippen molar-refractivity contribution in [2.75, 3.05) is 6.61 Å². The summed E-state index contributed by atoms with van der Waals surface area (Å²) in [5, 5.41) is 2.79. The fourth-order valence-electron chi connectivity index (χ4n) is 1.46. The van der Waals surface area contributed by atoms with Gasteiger partial charge in [0.25, 0.3) is 5.56 Å². The van der Waals surface area contributed by atoms with Gasteiger partial charge in [-0.25, -0.2) is 4.79 Å². The molecule has 1 aromatic heterocycles. The summed E-state index contributed by atoms with van der Waals surface area (Å²) < 4.78 is 6.25. The molecule has 0 aromatic carbocycles. The molecule has 1 fully saturated rings. The minimum Gasteiger partial charge on any atom is -0.462 e. The van der Waals surface area contributed by atoms with Crippen molar-refractivity contribution in [1.82, 2.24) is 9.78 Å². The van der Waals surface area contributed by atoms with Gasteiger partial charge in [-0.1, -0.05) is 0 Å². The van der Waals surface area contributed by atoms with Crippen molar-refractivity contribution in [3.8, 4) is 0 Å². The third kappa shape index (κ3) is 2.11. The van der Waals surface area contributed by atoms with E-state index < -0.39 is 5.97 Å². The molecule has 82 valence electrons. The van der Waals surface area contributed by atoms with Crippen molar-refractivity contribution >= 4 is 5.97 Å². The third-order valence-corrected chi connectivity index (χ3v) is 2.47. The molecule has 0 aliphatic heterocycles. The van der Waals surface area contributed by atoms with Crippen LogP contribution in [0.3, 0.4) is 0 Å². The number of ether oxygens (including phenoxy) is 1. The van der Waals surface area contributed by atoms with E-state index >= 15 is 0 Å². The number of aromatic amines is 1. The van der Waals surface area contributed by atoms with E-state index in [1.165, 1.54) is 23.7 Å². The second-order valence-electron chi connectivity index (χ2n) is 3.77. The number of esters is 1. The van der Waals surface area contributed by atoms with Gasteiger partial charge in [-0.15, -0.1) is 0 Å². The molecule has 1 N–H and O–H groups in total. The highest BCUT2D eigenvalue weighted by Gasteiger charge is 2.24. The first-order valence-corrected chi connectivity index (χ1v) is 5.17. The molecular weight excluding hydrogens is 196 g/mol. The van der Waals surface area contributed by atoms with E-state index in [1.807, 2.05) is 0 Å². The fraction of sp³-hybridized carbons (Fsp3) is 0.600. The van der Waals surface area contributed by atoms with Crippen LogP contribution in [0.4, 0.5) is 0 Å². The van der Waals surface area contributed by atoms with Crippen LogP contribution < -0.4 is 5.56 Å². The molecule has 1 aliphatic rings. The Morgan fingerprint density at radius 3 is 3.00 bits per heavy atom. The predicted molar refractivity (Wildman–Crippen MR) is 53.7 cm³/mol. The zero-order valence-electron chi connectivity index (χ0n) is 8.66. The van der Waals surface area contributed by atoms with Gasteiger partial charge in [0, 0.05) is 12.7 Å². The van der Waals surface area contributed by atoms with Crippen LogP contribution in [0.2, 0.25) is 0 Å². The normalized spacial score (nSPS) is 15.3. The molecule has 1 aromatic rings. The maximum absolute atomic E-state index is 11.7. The van der Waals surface area contributed by atoms with Crippen LogP contribution in [-0.2, 0) is 11.3 Å². The van der Waals surface area contributed by atoms with Crippen LogP contribution >= 0.6 is 0 Å². The number of nitrogens with one attached hydrogen (secondary N) is 1. The number of hydrogen-bond donors (Lipinski definition) is 1. The molecule has 15 heavy (non-hydrogen) atoms. The van der Waals surface area contributed by atoms with Crippen molar-refractivity contribution in [1.29, 1.82) is 0 Å². The number of carbonyl (C=O) groups excluding carboxylic acids is 1. The van der Waals surface area contributed by atoms with Gasteiger partial charge >= 0.3 is 5.97 Å². The predicted octanol–water partition coefficient (Wildman–Crippen LogP) is 0.763. The highest BCUT2D eigenvalue weighted by molar-refractivity contribution is 5.88. The first kappa shape index (κ1) is 10.0. The Labute approximate surface area is 87.0 Å². The Morgan fingerprint density at radius 1 is 1.67 bits per heavy atom. The summed E-state index contributed by atoms with van der Waals surface area (Å²) in [6.45, 7) is 2.68. The lowest BCUT2D eigenvalue weighted by Crippen LogP contribution is -2.23. The van der Waals surface area contributed by atoms with Gasteiger partial charge in [0.05, 0.1) is 6.61 Å². The molecule has 0 radical (unpaired) electrons. The molecule has 2 rings (SSSR count). The summed E-state index contributed by atoms with van der Waals surface area (Å²) >= 11 is 0. The smallest absolute Gasteiger partial charge is 0.345 e. The summed E-state index contributed by atoms with van der Waals surface area (Å²) in [6, 6.07) is 0. The minimum atomic E-state index is -0.548. The number of aromatic nitrogens is 2. The minimum absolute atomic E-state index is 0.0949. The lowest BCUT2D eigenvalue weighted by molar-refractivity contribution is 0.0524. The topological polar surface area (TPSA) is 64.1 Å². The maximum Gasteiger partial charge on any atom is 0.345 e. The zero-order valence-corrected chi connectivity index (χ0v) is 8.66. The van der Waals surface area contributed by atoms with Crippen molar-refractivity contribution in [3.05, 3.63) is 22.1 Å². The number of carbonyl (C=O) groups is 1. The Morgan fingerprint density at radius 2 is 2.40 bits per heavy atom. The van der Waals surface area contributed by atoms with Crippen molar-refractivity contribution in [3.63, 3.8) is 0 Å². The average Bonchev–Trinajstić information content (AvgIpc) is 2.93. The average molecular weight is 210 g/mol. The first-order chi connectivity index (χ1) is 7.22. The summed E-state index contributed by atoms with van der Waals surface area (Å²) in [5.74, 6) is 0.0460. The van der Waals surface area contributed by atoms with E-state index in [4.69, 9.17) is 4.74 Å². The van der Waals surface area contributed by atoms with Crippen molar-refractivity contribution in [2.45, 2.75) is 26.3 Å². The number of H-pyrrole nitrogens is 1. The summed E-state index contributed by atoms with van der Waals surface area (Å²) in [7, 11) is 0. The van der Waals surface area contributed by atoms with E-state index in [9.17, 15) is 9.59 Å². The molecular formula is C10H14N2O3. The van der Waals surface area contributed by atoms with Gasteiger partial charge in [-0.2, -0.15) is 0 Å². The SMILES string of the molecule is CCOC(=O)c1c[nH]n(CC2CC2)c1=O. The van der Waals surface area contributed by atoms with E-state index in [1.54, 1.807) is 6.92 Å². The van der Waals surface area contributed by atoms with Crippen LogP contribution in [0.15, 0.2) is 11.0 Å². The van der Waals surface area contributed by atoms with E-state index in [0.717, 1.165) is 0 Å². The standard InChI is InChI=1S/C10H14N2O3/c1-2-15-10(14)8-5-11-12(9(8)13)6-7-3-4-7/h5,7,11H,2-4,6H2,1H3. The molecule has 0 bridgehead atoms. The lowest BCUT2D eigenvalue weighted by atomic mass is 10.3. The van der Waals surface area contributed by atoms with Crippen LogP contribution in [0.1, 0.15) is 30.1 Å².